The number of aromatic nitrogens is 2. The minimum atomic E-state index is -3.81. The maximum atomic E-state index is 13.0. The molecule has 0 spiro atoms. The van der Waals surface area contributed by atoms with Gasteiger partial charge in [-0.05, 0) is 28.5 Å². The standard InChI is InChI=1S/C23H22N4O3S/c1-26(31(29,30)21-12-11-19-9-5-6-10-20(19)15-21)17-23(28)25-22-13-14-24-27(22)16-18-7-3-2-4-8-18/h2-15H,16-17H2,1H3,(H,25,28). The van der Waals surface area contributed by atoms with Crippen molar-refractivity contribution >= 4 is 32.5 Å². The molecule has 7 nitrogen and oxygen atoms in total. The Kier molecular flexibility index (Phi) is 5.83. The average Bonchev–Trinajstić information content (AvgIpc) is 3.20. The maximum Gasteiger partial charge on any atom is 0.243 e. The molecule has 0 bridgehead atoms. The summed E-state index contributed by atoms with van der Waals surface area (Å²) in [6.07, 6.45) is 1.59. The maximum absolute atomic E-state index is 13.0. The number of hydrogen-bond donors (Lipinski definition) is 1. The minimum absolute atomic E-state index is 0.149. The van der Waals surface area contributed by atoms with Gasteiger partial charge in [0.1, 0.15) is 5.82 Å². The number of carbonyl (C=O) groups excluding carboxylic acids is 1. The number of anilines is 1. The third-order valence-electron chi connectivity index (χ3n) is 4.95. The first-order valence-corrected chi connectivity index (χ1v) is 11.2. The van der Waals surface area contributed by atoms with Gasteiger partial charge in [-0.25, -0.2) is 13.1 Å². The molecule has 4 rings (SSSR count). The molecule has 0 unspecified atom stereocenters. The molecule has 0 atom stereocenters. The van der Waals surface area contributed by atoms with Crippen LogP contribution >= 0.6 is 0 Å². The highest BCUT2D eigenvalue weighted by atomic mass is 32.2. The molecule has 158 valence electrons. The van der Waals surface area contributed by atoms with Crippen molar-refractivity contribution in [1.82, 2.24) is 14.1 Å². The summed E-state index contributed by atoms with van der Waals surface area (Å²) in [7, 11) is -2.42. The first-order chi connectivity index (χ1) is 14.9. The van der Waals surface area contributed by atoms with Gasteiger partial charge in [0.05, 0.1) is 24.2 Å². The van der Waals surface area contributed by atoms with Crippen LogP contribution in [-0.2, 0) is 21.4 Å². The van der Waals surface area contributed by atoms with Crippen LogP contribution in [0.25, 0.3) is 10.8 Å². The Bertz CT molecular complexity index is 1320. The van der Waals surface area contributed by atoms with Crippen molar-refractivity contribution in [3.8, 4) is 0 Å². The van der Waals surface area contributed by atoms with Gasteiger partial charge in [0, 0.05) is 13.1 Å². The summed E-state index contributed by atoms with van der Waals surface area (Å²) in [5.74, 6) is 0.0621. The van der Waals surface area contributed by atoms with E-state index in [1.54, 1.807) is 35.1 Å². The Morgan fingerprint density at radius 3 is 2.45 bits per heavy atom. The van der Waals surface area contributed by atoms with Crippen molar-refractivity contribution in [3.05, 3.63) is 90.6 Å². The molecule has 0 aliphatic carbocycles. The lowest BCUT2D eigenvalue weighted by molar-refractivity contribution is -0.116. The second-order valence-electron chi connectivity index (χ2n) is 7.18. The first kappa shape index (κ1) is 20.8. The number of likely N-dealkylation sites (N-methyl/N-ethyl adjacent to an activating group) is 1. The molecule has 1 aromatic heterocycles. The lowest BCUT2D eigenvalue weighted by Gasteiger charge is -2.17. The molecule has 1 N–H and O–H groups in total. The van der Waals surface area contributed by atoms with Crippen LogP contribution in [0.15, 0.2) is 90.0 Å². The van der Waals surface area contributed by atoms with E-state index >= 15 is 0 Å². The van der Waals surface area contributed by atoms with Crippen molar-refractivity contribution in [2.75, 3.05) is 18.9 Å². The van der Waals surface area contributed by atoms with E-state index in [0.717, 1.165) is 20.6 Å². The van der Waals surface area contributed by atoms with Gasteiger partial charge in [-0.3, -0.25) is 4.79 Å². The molecular weight excluding hydrogens is 412 g/mol. The fraction of sp³-hybridized carbons (Fsp3) is 0.130. The highest BCUT2D eigenvalue weighted by Gasteiger charge is 2.23. The molecule has 1 heterocycles. The predicted molar refractivity (Wildman–Crippen MR) is 120 cm³/mol. The zero-order valence-corrected chi connectivity index (χ0v) is 17.8. The Balaban J connectivity index is 1.45. The smallest absolute Gasteiger partial charge is 0.243 e. The van der Waals surface area contributed by atoms with E-state index in [2.05, 4.69) is 10.4 Å². The first-order valence-electron chi connectivity index (χ1n) is 9.74. The van der Waals surface area contributed by atoms with Gasteiger partial charge in [0.2, 0.25) is 15.9 Å². The molecule has 1 amide bonds. The number of rotatable bonds is 7. The van der Waals surface area contributed by atoms with Gasteiger partial charge in [0.15, 0.2) is 0 Å². The van der Waals surface area contributed by atoms with Gasteiger partial charge in [0.25, 0.3) is 0 Å². The van der Waals surface area contributed by atoms with Crippen molar-refractivity contribution in [1.29, 1.82) is 0 Å². The van der Waals surface area contributed by atoms with Gasteiger partial charge in [-0.2, -0.15) is 9.40 Å². The topological polar surface area (TPSA) is 84.3 Å². The molecule has 31 heavy (non-hydrogen) atoms. The fourth-order valence-corrected chi connectivity index (χ4v) is 4.46. The molecule has 8 heteroatoms. The van der Waals surface area contributed by atoms with E-state index < -0.39 is 15.9 Å². The quantitative estimate of drug-likeness (QED) is 0.484. The van der Waals surface area contributed by atoms with Gasteiger partial charge in [-0.1, -0.05) is 60.7 Å². The van der Waals surface area contributed by atoms with Crippen LogP contribution in [0.4, 0.5) is 5.82 Å². The van der Waals surface area contributed by atoms with Crippen LogP contribution in [0.5, 0.6) is 0 Å². The summed E-state index contributed by atoms with van der Waals surface area (Å²) in [6.45, 7) is 0.181. The van der Waals surface area contributed by atoms with Crippen LogP contribution in [0.2, 0.25) is 0 Å². The predicted octanol–water partition coefficient (Wildman–Crippen LogP) is 3.34. The lowest BCUT2D eigenvalue weighted by atomic mass is 10.1. The summed E-state index contributed by atoms with van der Waals surface area (Å²) >= 11 is 0. The molecule has 0 saturated carbocycles. The van der Waals surface area contributed by atoms with Crippen LogP contribution in [-0.4, -0.2) is 42.0 Å². The monoisotopic (exact) mass is 434 g/mol. The largest absolute Gasteiger partial charge is 0.310 e. The number of nitrogens with zero attached hydrogens (tertiary/aromatic N) is 3. The van der Waals surface area contributed by atoms with E-state index in [9.17, 15) is 13.2 Å². The van der Waals surface area contributed by atoms with Gasteiger partial charge >= 0.3 is 0 Å². The van der Waals surface area contributed by atoms with Crippen molar-refractivity contribution in [2.45, 2.75) is 11.4 Å². The molecule has 0 aliphatic rings. The van der Waals surface area contributed by atoms with E-state index in [0.29, 0.717) is 12.4 Å². The number of nitrogens with one attached hydrogen (secondary N) is 1. The van der Waals surface area contributed by atoms with Crippen LogP contribution < -0.4 is 5.32 Å². The molecule has 0 radical (unpaired) electrons. The van der Waals surface area contributed by atoms with E-state index in [-0.39, 0.29) is 11.4 Å². The second kappa shape index (κ2) is 8.71. The molecule has 4 aromatic rings. The third kappa shape index (κ3) is 4.65. The summed E-state index contributed by atoms with van der Waals surface area (Å²) in [6, 6.07) is 23.9. The van der Waals surface area contributed by atoms with Crippen molar-refractivity contribution in [2.24, 2.45) is 0 Å². The minimum Gasteiger partial charge on any atom is -0.310 e. The number of amides is 1. The highest BCUT2D eigenvalue weighted by molar-refractivity contribution is 7.89. The van der Waals surface area contributed by atoms with Crippen LogP contribution in [0.3, 0.4) is 0 Å². The van der Waals surface area contributed by atoms with Crippen molar-refractivity contribution in [3.63, 3.8) is 0 Å². The number of fused-ring (bicyclic) bond motifs is 1. The zero-order chi connectivity index (χ0) is 21.8. The Morgan fingerprint density at radius 1 is 0.968 bits per heavy atom. The van der Waals surface area contributed by atoms with Crippen LogP contribution in [0, 0.1) is 0 Å². The molecule has 0 saturated heterocycles. The normalized spacial score (nSPS) is 11.7. The Morgan fingerprint density at radius 2 is 1.68 bits per heavy atom. The van der Waals surface area contributed by atoms with E-state index in [1.807, 2.05) is 54.6 Å². The molecule has 0 aliphatic heterocycles. The summed E-state index contributed by atoms with van der Waals surface area (Å²) < 4.78 is 28.6. The van der Waals surface area contributed by atoms with E-state index in [1.165, 1.54) is 7.05 Å². The summed E-state index contributed by atoms with van der Waals surface area (Å²) in [5.41, 5.74) is 1.04. The lowest BCUT2D eigenvalue weighted by Crippen LogP contribution is -2.35. The van der Waals surface area contributed by atoms with Crippen molar-refractivity contribution < 1.29 is 13.2 Å². The van der Waals surface area contributed by atoms with Gasteiger partial charge in [-0.15, -0.1) is 0 Å². The SMILES string of the molecule is CN(CC(=O)Nc1ccnn1Cc1ccccc1)S(=O)(=O)c1ccc2ccccc2c1. The Hall–Kier alpha value is -3.49. The molecule has 3 aromatic carbocycles. The highest BCUT2D eigenvalue weighted by Crippen LogP contribution is 2.21. The number of hydrogen-bond acceptors (Lipinski definition) is 4. The average molecular weight is 435 g/mol. The van der Waals surface area contributed by atoms with E-state index in [4.69, 9.17) is 0 Å². The number of benzene rings is 3. The van der Waals surface area contributed by atoms with Gasteiger partial charge < -0.3 is 5.32 Å². The second-order valence-corrected chi connectivity index (χ2v) is 9.22. The zero-order valence-electron chi connectivity index (χ0n) is 17.0. The number of carbonyl (C=O) groups is 1. The molecular formula is C23H22N4O3S. The summed E-state index contributed by atoms with van der Waals surface area (Å²) in [5, 5.41) is 8.77. The third-order valence-corrected chi connectivity index (χ3v) is 6.75. The number of sulfonamides is 1. The molecule has 0 fully saturated rings. The fourth-order valence-electron chi connectivity index (χ4n) is 3.30. The van der Waals surface area contributed by atoms with Crippen LogP contribution in [0.1, 0.15) is 5.56 Å². The Labute approximate surface area is 181 Å². The summed E-state index contributed by atoms with van der Waals surface area (Å²) in [4.78, 5) is 12.7.